The van der Waals surface area contributed by atoms with Gasteiger partial charge in [-0.1, -0.05) is 0 Å². The Labute approximate surface area is 109 Å². The number of nitrogens with one attached hydrogen (secondary N) is 1. The number of likely N-dealkylation sites (N-methyl/N-ethyl adjacent to an activating group) is 1. The van der Waals surface area contributed by atoms with Gasteiger partial charge in [0.05, 0.1) is 11.0 Å². The van der Waals surface area contributed by atoms with Gasteiger partial charge in [-0.25, -0.2) is 9.37 Å². The van der Waals surface area contributed by atoms with Crippen molar-refractivity contribution in [1.29, 1.82) is 0 Å². The Hall–Kier alpha value is -1.62. The molecule has 0 aliphatic heterocycles. The molecule has 1 aromatic carbocycles. The largest absolute Gasteiger partial charge is 0.358 e. The third kappa shape index (κ3) is 2.46. The first kappa shape index (κ1) is 12.8. The van der Waals surface area contributed by atoms with Crippen LogP contribution >= 0.6 is 11.6 Å². The van der Waals surface area contributed by atoms with E-state index in [-0.39, 0.29) is 18.3 Å². The average molecular weight is 270 g/mol. The highest BCUT2D eigenvalue weighted by atomic mass is 35.5. The third-order valence-electron chi connectivity index (χ3n) is 2.69. The fourth-order valence-corrected chi connectivity index (χ4v) is 2.00. The summed E-state index contributed by atoms with van der Waals surface area (Å²) in [5.74, 6) is 0.618. The molecule has 18 heavy (non-hydrogen) atoms. The molecule has 0 aliphatic rings. The number of amides is 1. The first-order valence-electron chi connectivity index (χ1n) is 5.57. The molecule has 0 spiro atoms. The van der Waals surface area contributed by atoms with Gasteiger partial charge in [0.25, 0.3) is 0 Å². The molecule has 1 N–H and O–H groups in total. The number of carbonyl (C=O) groups excluding carboxylic acids is 1. The van der Waals surface area contributed by atoms with Gasteiger partial charge in [-0.3, -0.25) is 4.79 Å². The molecule has 0 bridgehead atoms. The molecule has 0 unspecified atom stereocenters. The molecule has 1 aromatic heterocycles. The summed E-state index contributed by atoms with van der Waals surface area (Å²) in [6.07, 6.45) is 0.537. The van der Waals surface area contributed by atoms with Crippen molar-refractivity contribution in [2.75, 3.05) is 12.9 Å². The van der Waals surface area contributed by atoms with Crippen LogP contribution in [-0.4, -0.2) is 28.4 Å². The van der Waals surface area contributed by atoms with Gasteiger partial charge in [-0.05, 0) is 12.1 Å². The molecule has 1 heterocycles. The van der Waals surface area contributed by atoms with Crippen LogP contribution in [0.15, 0.2) is 18.2 Å². The summed E-state index contributed by atoms with van der Waals surface area (Å²) in [7, 11) is 1.57. The topological polar surface area (TPSA) is 46.9 Å². The zero-order chi connectivity index (χ0) is 13.1. The average Bonchev–Trinajstić information content (AvgIpc) is 2.67. The number of halogens is 2. The number of imidazole rings is 1. The van der Waals surface area contributed by atoms with Crippen LogP contribution < -0.4 is 5.32 Å². The first-order valence-corrected chi connectivity index (χ1v) is 6.10. The van der Waals surface area contributed by atoms with E-state index in [1.165, 1.54) is 12.1 Å². The van der Waals surface area contributed by atoms with Gasteiger partial charge >= 0.3 is 0 Å². The molecule has 4 nitrogen and oxygen atoms in total. The van der Waals surface area contributed by atoms with Crippen molar-refractivity contribution in [1.82, 2.24) is 14.9 Å². The summed E-state index contributed by atoms with van der Waals surface area (Å²) >= 11 is 5.71. The van der Waals surface area contributed by atoms with Crippen molar-refractivity contribution < 1.29 is 9.18 Å². The number of alkyl halides is 1. The molecule has 0 aliphatic carbocycles. The van der Waals surface area contributed by atoms with Gasteiger partial charge in [0.15, 0.2) is 0 Å². The third-order valence-corrected chi connectivity index (χ3v) is 2.88. The van der Waals surface area contributed by atoms with E-state index < -0.39 is 0 Å². The second-order valence-electron chi connectivity index (χ2n) is 3.86. The summed E-state index contributed by atoms with van der Waals surface area (Å²) in [6.45, 7) is 0.158. The molecule has 0 atom stereocenters. The van der Waals surface area contributed by atoms with Crippen LogP contribution in [-0.2, 0) is 17.8 Å². The fourth-order valence-electron chi connectivity index (χ4n) is 1.83. The van der Waals surface area contributed by atoms with Gasteiger partial charge in [0.2, 0.25) is 5.91 Å². The van der Waals surface area contributed by atoms with E-state index >= 15 is 0 Å². The molecule has 96 valence electrons. The summed E-state index contributed by atoms with van der Waals surface area (Å²) in [5, 5.41) is 2.55. The Bertz CT molecular complexity index is 582. The monoisotopic (exact) mass is 269 g/mol. The number of hydrogen-bond donors (Lipinski definition) is 1. The Morgan fingerprint density at radius 1 is 1.56 bits per heavy atom. The predicted molar refractivity (Wildman–Crippen MR) is 68.2 cm³/mol. The van der Waals surface area contributed by atoms with E-state index in [1.807, 2.05) is 0 Å². The van der Waals surface area contributed by atoms with E-state index in [9.17, 15) is 9.18 Å². The normalized spacial score (nSPS) is 10.8. The lowest BCUT2D eigenvalue weighted by Crippen LogP contribution is -2.24. The molecular weight excluding hydrogens is 257 g/mol. The summed E-state index contributed by atoms with van der Waals surface area (Å²) in [6, 6.07) is 4.33. The minimum atomic E-state index is -0.343. The van der Waals surface area contributed by atoms with Crippen molar-refractivity contribution in [3.8, 4) is 0 Å². The molecule has 0 saturated heterocycles. The van der Waals surface area contributed by atoms with E-state index in [0.29, 0.717) is 23.6 Å². The molecule has 0 radical (unpaired) electrons. The molecule has 6 heteroatoms. The molecule has 0 saturated carbocycles. The Morgan fingerprint density at radius 2 is 2.33 bits per heavy atom. The minimum Gasteiger partial charge on any atom is -0.358 e. The highest BCUT2D eigenvalue weighted by Crippen LogP contribution is 2.18. The first-order chi connectivity index (χ1) is 8.65. The fraction of sp³-hybridized carbons (Fsp3) is 0.333. The summed E-state index contributed by atoms with van der Waals surface area (Å²) in [5.41, 5.74) is 1.28. The number of carbonyl (C=O) groups is 1. The number of benzene rings is 1. The van der Waals surface area contributed by atoms with Crippen molar-refractivity contribution in [2.45, 2.75) is 13.0 Å². The van der Waals surface area contributed by atoms with Crippen LogP contribution in [0.5, 0.6) is 0 Å². The highest BCUT2D eigenvalue weighted by molar-refractivity contribution is 6.17. The van der Waals surface area contributed by atoms with Crippen LogP contribution in [0.4, 0.5) is 4.39 Å². The van der Waals surface area contributed by atoms with Crippen molar-refractivity contribution in [3.63, 3.8) is 0 Å². The van der Waals surface area contributed by atoms with Crippen LogP contribution in [0.2, 0.25) is 0 Å². The molecule has 2 aromatic rings. The number of aryl methyl sites for hydroxylation is 1. The van der Waals surface area contributed by atoms with Gasteiger partial charge in [-0.2, -0.15) is 0 Å². The SMILES string of the molecule is CNC(=O)Cn1c(CCCl)nc2cc(F)ccc21. The van der Waals surface area contributed by atoms with Gasteiger partial charge in [0, 0.05) is 25.4 Å². The maximum Gasteiger partial charge on any atom is 0.239 e. The van der Waals surface area contributed by atoms with E-state index in [2.05, 4.69) is 10.3 Å². The Kier molecular flexibility index (Phi) is 3.81. The highest BCUT2D eigenvalue weighted by Gasteiger charge is 2.13. The number of nitrogens with zero attached hydrogens (tertiary/aromatic N) is 2. The molecule has 0 fully saturated rings. The number of fused-ring (bicyclic) bond motifs is 1. The zero-order valence-electron chi connectivity index (χ0n) is 9.91. The second-order valence-corrected chi connectivity index (χ2v) is 4.24. The van der Waals surface area contributed by atoms with E-state index in [4.69, 9.17) is 11.6 Å². The van der Waals surface area contributed by atoms with Gasteiger partial charge < -0.3 is 9.88 Å². The maximum atomic E-state index is 13.1. The molecular formula is C12H13ClFN3O. The Morgan fingerprint density at radius 3 is 3.00 bits per heavy atom. The van der Waals surface area contributed by atoms with Crippen LogP contribution in [0, 0.1) is 5.82 Å². The van der Waals surface area contributed by atoms with Gasteiger partial charge in [-0.15, -0.1) is 11.6 Å². The molecule has 2 rings (SSSR count). The summed E-state index contributed by atoms with van der Waals surface area (Å²) < 4.78 is 14.9. The minimum absolute atomic E-state index is 0.130. The van der Waals surface area contributed by atoms with Crippen LogP contribution in [0.25, 0.3) is 11.0 Å². The van der Waals surface area contributed by atoms with Crippen molar-refractivity contribution in [3.05, 3.63) is 29.8 Å². The quantitative estimate of drug-likeness (QED) is 0.859. The lowest BCUT2D eigenvalue weighted by atomic mass is 10.3. The van der Waals surface area contributed by atoms with Crippen LogP contribution in [0.1, 0.15) is 5.82 Å². The number of aromatic nitrogens is 2. The summed E-state index contributed by atoms with van der Waals surface area (Å²) in [4.78, 5) is 15.8. The van der Waals surface area contributed by atoms with Gasteiger partial charge in [0.1, 0.15) is 18.2 Å². The van der Waals surface area contributed by atoms with E-state index in [0.717, 1.165) is 5.52 Å². The van der Waals surface area contributed by atoms with Crippen LogP contribution in [0.3, 0.4) is 0 Å². The lowest BCUT2D eigenvalue weighted by molar-refractivity contribution is -0.121. The lowest BCUT2D eigenvalue weighted by Gasteiger charge is -2.07. The molecule has 1 amide bonds. The number of hydrogen-bond acceptors (Lipinski definition) is 2. The second kappa shape index (κ2) is 5.35. The zero-order valence-corrected chi connectivity index (χ0v) is 10.7. The number of rotatable bonds is 4. The maximum absolute atomic E-state index is 13.1. The van der Waals surface area contributed by atoms with Crippen molar-refractivity contribution in [2.24, 2.45) is 0 Å². The van der Waals surface area contributed by atoms with Crippen molar-refractivity contribution >= 4 is 28.5 Å². The Balaban J connectivity index is 2.51. The smallest absolute Gasteiger partial charge is 0.239 e. The standard InChI is InChI=1S/C12H13ClFN3O/c1-15-12(18)7-17-10-3-2-8(14)6-9(10)16-11(17)4-5-13/h2-3,6H,4-5,7H2,1H3,(H,15,18). The van der Waals surface area contributed by atoms with E-state index in [1.54, 1.807) is 17.7 Å². The predicted octanol–water partition coefficient (Wildman–Crippen LogP) is 1.70.